The van der Waals surface area contributed by atoms with Crippen LogP contribution in [0.25, 0.3) is 0 Å². The molecule has 0 bridgehead atoms. The average Bonchev–Trinajstić information content (AvgIpc) is 2.50. The van der Waals surface area contributed by atoms with Crippen LogP contribution < -0.4 is 0 Å². The molecule has 2 N–H and O–H groups in total. The van der Waals surface area contributed by atoms with Gasteiger partial charge >= 0.3 is 5.97 Å². The lowest BCUT2D eigenvalue weighted by Crippen LogP contribution is -2.22. The fourth-order valence-corrected chi connectivity index (χ4v) is 2.93. The van der Waals surface area contributed by atoms with E-state index >= 15 is 0 Å². The number of aromatic carboxylic acids is 1. The minimum Gasteiger partial charge on any atom is -0.478 e. The Hall–Kier alpha value is -2.84. The molecule has 0 spiro atoms. The summed E-state index contributed by atoms with van der Waals surface area (Å²) >= 11 is 0. The maximum absolute atomic E-state index is 12.5. The van der Waals surface area contributed by atoms with Gasteiger partial charge in [0.2, 0.25) is 0 Å². The molecule has 2 aromatic rings. The summed E-state index contributed by atoms with van der Waals surface area (Å²) in [6, 6.07) is 6.60. The van der Waals surface area contributed by atoms with Gasteiger partial charge in [0.1, 0.15) is 0 Å². The van der Waals surface area contributed by atoms with Crippen molar-refractivity contribution in [3.63, 3.8) is 0 Å². The molecule has 1 aliphatic rings. The molecule has 0 atom stereocenters. The van der Waals surface area contributed by atoms with E-state index in [1.807, 2.05) is 0 Å². The Balaban J connectivity index is 2.25. The number of fused-ring (bicyclic) bond motifs is 2. The van der Waals surface area contributed by atoms with Crippen LogP contribution in [0.4, 0.5) is 0 Å². The molecule has 2 aromatic carbocycles. The van der Waals surface area contributed by atoms with Crippen LogP contribution in [0.3, 0.4) is 0 Å². The van der Waals surface area contributed by atoms with E-state index in [9.17, 15) is 22.8 Å². The second-order valence-electron chi connectivity index (χ2n) is 4.91. The molecule has 23 heavy (non-hydrogen) atoms. The van der Waals surface area contributed by atoms with Gasteiger partial charge in [0.05, 0.1) is 10.5 Å². The third-order valence-electron chi connectivity index (χ3n) is 3.53. The van der Waals surface area contributed by atoms with E-state index in [2.05, 4.69) is 0 Å². The summed E-state index contributed by atoms with van der Waals surface area (Å²) in [5, 5.41) is 8.98. The highest BCUT2D eigenvalue weighted by Gasteiger charge is 2.31. The standard InChI is InChI=1S/C15H8O7S/c16-13-9-3-1-7(15(18)19)5-11(9)14(17)12-6-8(23(20,21)22)2-4-10(12)13/h1-6H,(H,18,19)(H,20,21,22). The van der Waals surface area contributed by atoms with Crippen LogP contribution in [-0.4, -0.2) is 35.6 Å². The summed E-state index contributed by atoms with van der Waals surface area (Å²) in [4.78, 5) is 35.3. The first-order chi connectivity index (χ1) is 10.7. The SMILES string of the molecule is O=C(O)c1ccc2c(c1)C(=O)c1cc(S(=O)(=O)O)ccc1C2=O. The molecule has 7 nitrogen and oxygen atoms in total. The molecule has 0 amide bonds. The summed E-state index contributed by atoms with van der Waals surface area (Å²) in [5.74, 6) is -2.46. The lowest BCUT2D eigenvalue weighted by atomic mass is 9.83. The third-order valence-corrected chi connectivity index (χ3v) is 4.38. The fourth-order valence-electron chi connectivity index (χ4n) is 2.42. The summed E-state index contributed by atoms with van der Waals surface area (Å²) in [7, 11) is -4.53. The molecule has 0 saturated heterocycles. The van der Waals surface area contributed by atoms with Gasteiger partial charge in [-0.1, -0.05) is 0 Å². The Morgan fingerprint density at radius 3 is 1.91 bits per heavy atom. The minimum absolute atomic E-state index is 0.00187. The molecular weight excluding hydrogens is 324 g/mol. The largest absolute Gasteiger partial charge is 0.478 e. The summed E-state index contributed by atoms with van der Waals surface area (Å²) in [6.07, 6.45) is 0. The fraction of sp³-hybridized carbons (Fsp3) is 0. The van der Waals surface area contributed by atoms with Crippen LogP contribution in [0, 0.1) is 0 Å². The summed E-state index contributed by atoms with van der Waals surface area (Å²) in [6.45, 7) is 0. The quantitative estimate of drug-likeness (QED) is 0.679. The Labute approximate surface area is 129 Å². The second kappa shape index (κ2) is 4.83. The van der Waals surface area contributed by atoms with E-state index in [0.717, 1.165) is 24.3 Å². The van der Waals surface area contributed by atoms with E-state index in [1.54, 1.807) is 0 Å². The summed E-state index contributed by atoms with van der Waals surface area (Å²) < 4.78 is 31.4. The van der Waals surface area contributed by atoms with Crippen molar-refractivity contribution in [3.05, 3.63) is 64.2 Å². The van der Waals surface area contributed by atoms with Crippen molar-refractivity contribution >= 4 is 27.7 Å². The molecule has 3 rings (SSSR count). The number of ketones is 2. The average molecular weight is 332 g/mol. The molecule has 0 unspecified atom stereocenters. The number of carboxylic acid groups (broad SMARTS) is 1. The first-order valence-corrected chi connectivity index (χ1v) is 7.72. The molecular formula is C15H8O7S. The van der Waals surface area contributed by atoms with Crippen molar-refractivity contribution in [1.29, 1.82) is 0 Å². The van der Waals surface area contributed by atoms with Crippen LogP contribution >= 0.6 is 0 Å². The Morgan fingerprint density at radius 2 is 1.35 bits per heavy atom. The Bertz CT molecular complexity index is 1000. The van der Waals surface area contributed by atoms with Crippen molar-refractivity contribution in [1.82, 2.24) is 0 Å². The van der Waals surface area contributed by atoms with Gasteiger partial charge in [-0.3, -0.25) is 14.1 Å². The first kappa shape index (κ1) is 15.1. The van der Waals surface area contributed by atoms with Crippen molar-refractivity contribution in [2.45, 2.75) is 4.90 Å². The highest BCUT2D eigenvalue weighted by atomic mass is 32.2. The first-order valence-electron chi connectivity index (χ1n) is 6.28. The van der Waals surface area contributed by atoms with Crippen molar-refractivity contribution in [2.75, 3.05) is 0 Å². The Morgan fingerprint density at radius 1 is 0.826 bits per heavy atom. The number of hydrogen-bond acceptors (Lipinski definition) is 5. The van der Waals surface area contributed by atoms with Crippen LogP contribution in [0.2, 0.25) is 0 Å². The van der Waals surface area contributed by atoms with Gasteiger partial charge in [0, 0.05) is 22.3 Å². The van der Waals surface area contributed by atoms with E-state index in [4.69, 9.17) is 9.66 Å². The molecule has 0 saturated carbocycles. The third kappa shape index (κ3) is 2.33. The maximum atomic E-state index is 12.5. The normalized spacial score (nSPS) is 13.4. The predicted molar refractivity (Wildman–Crippen MR) is 76.5 cm³/mol. The van der Waals surface area contributed by atoms with Gasteiger partial charge in [-0.2, -0.15) is 8.42 Å². The zero-order valence-electron chi connectivity index (χ0n) is 11.3. The van der Waals surface area contributed by atoms with Gasteiger partial charge in [0.25, 0.3) is 10.1 Å². The molecule has 0 aromatic heterocycles. The van der Waals surface area contributed by atoms with Gasteiger partial charge in [0.15, 0.2) is 11.6 Å². The molecule has 0 radical (unpaired) electrons. The van der Waals surface area contributed by atoms with Crippen LogP contribution in [0.1, 0.15) is 42.2 Å². The number of carboxylic acids is 1. The van der Waals surface area contributed by atoms with Gasteiger partial charge in [-0.15, -0.1) is 0 Å². The lowest BCUT2D eigenvalue weighted by Gasteiger charge is -2.18. The van der Waals surface area contributed by atoms with Crippen molar-refractivity contribution in [3.8, 4) is 0 Å². The number of benzene rings is 2. The van der Waals surface area contributed by atoms with Gasteiger partial charge in [-0.05, 0) is 36.4 Å². The molecule has 0 fully saturated rings. The Kier molecular flexibility index (Phi) is 3.17. The van der Waals surface area contributed by atoms with Crippen LogP contribution in [0.15, 0.2) is 41.3 Å². The topological polar surface area (TPSA) is 126 Å². The molecule has 0 heterocycles. The van der Waals surface area contributed by atoms with Gasteiger partial charge < -0.3 is 5.11 Å². The molecule has 0 aliphatic heterocycles. The van der Waals surface area contributed by atoms with Gasteiger partial charge in [-0.25, -0.2) is 4.79 Å². The molecule has 8 heteroatoms. The van der Waals surface area contributed by atoms with Crippen LogP contribution in [-0.2, 0) is 10.1 Å². The van der Waals surface area contributed by atoms with Crippen LogP contribution in [0.5, 0.6) is 0 Å². The number of carbonyl (C=O) groups excluding carboxylic acids is 2. The predicted octanol–water partition coefficient (Wildman–Crippen LogP) is 1.41. The molecule has 1 aliphatic carbocycles. The highest BCUT2D eigenvalue weighted by molar-refractivity contribution is 7.85. The second-order valence-corrected chi connectivity index (χ2v) is 6.33. The van der Waals surface area contributed by atoms with Crippen molar-refractivity contribution in [2.24, 2.45) is 0 Å². The van der Waals surface area contributed by atoms with E-state index < -0.39 is 32.5 Å². The van der Waals surface area contributed by atoms with Crippen molar-refractivity contribution < 1.29 is 32.5 Å². The lowest BCUT2D eigenvalue weighted by molar-refractivity contribution is 0.0696. The highest BCUT2D eigenvalue weighted by Crippen LogP contribution is 2.29. The van der Waals surface area contributed by atoms with E-state index in [0.29, 0.717) is 0 Å². The number of carbonyl (C=O) groups is 3. The maximum Gasteiger partial charge on any atom is 0.335 e. The summed E-state index contributed by atoms with van der Waals surface area (Å²) in [5.41, 5.74) is -0.431. The molecule has 116 valence electrons. The smallest absolute Gasteiger partial charge is 0.335 e. The number of hydrogen-bond donors (Lipinski definition) is 2. The van der Waals surface area contributed by atoms with E-state index in [-0.39, 0.29) is 27.8 Å². The van der Waals surface area contributed by atoms with E-state index in [1.165, 1.54) is 12.1 Å². The zero-order valence-corrected chi connectivity index (χ0v) is 12.1. The monoisotopic (exact) mass is 332 g/mol. The number of rotatable bonds is 2. The minimum atomic E-state index is -4.53. The zero-order chi connectivity index (χ0) is 16.9.